The molecule has 3 rings (SSSR count). The molecule has 0 atom stereocenters. The van der Waals surface area contributed by atoms with E-state index in [1.807, 2.05) is 29.2 Å². The molecule has 1 fully saturated rings. The number of hydrogen-bond donors (Lipinski definition) is 1. The third-order valence-electron chi connectivity index (χ3n) is 5.37. The van der Waals surface area contributed by atoms with Crippen molar-refractivity contribution in [2.45, 2.75) is 38.4 Å². The van der Waals surface area contributed by atoms with E-state index in [9.17, 15) is 27.2 Å². The molecule has 2 aromatic rings. The van der Waals surface area contributed by atoms with Gasteiger partial charge in [0.05, 0.1) is 0 Å². The second kappa shape index (κ2) is 12.2. The zero-order chi connectivity index (χ0) is 24.4. The normalized spacial score (nSPS) is 14.3. The molecule has 1 heterocycles. The quantitative estimate of drug-likeness (QED) is 0.395. The van der Waals surface area contributed by atoms with Gasteiger partial charge in [-0.2, -0.15) is 13.2 Å². The smallest absolute Gasteiger partial charge is 0.343 e. The average Bonchev–Trinajstić information content (AvgIpc) is 2.83. The minimum Gasteiger partial charge on any atom is -0.343 e. The summed E-state index contributed by atoms with van der Waals surface area (Å²) in [6, 6.07) is 13.7. The largest absolute Gasteiger partial charge is 0.446 e. The number of likely N-dealkylation sites (tertiary alicyclic amines) is 1. The molecule has 0 unspecified atom stereocenters. The number of benzene rings is 2. The fourth-order valence-electron chi connectivity index (χ4n) is 3.49. The predicted octanol–water partition coefficient (Wildman–Crippen LogP) is 4.09. The Balaban J connectivity index is 0.000000569. The van der Waals surface area contributed by atoms with Crippen LogP contribution in [-0.2, 0) is 22.6 Å². The molecule has 0 saturated carbocycles. The lowest BCUT2D eigenvalue weighted by Gasteiger charge is -2.31. The molecule has 1 aliphatic heterocycles. The number of aldehydes is 1. The SMILES string of the molecule is NCc1ccc(CCC(=O)N2CCC(C(=O)c3ccc(F)cc3)CC2)cc1.O=CC(F)(F)F. The Bertz CT molecular complexity index is 920. The van der Waals surface area contributed by atoms with Crippen molar-refractivity contribution >= 4 is 18.0 Å². The molecule has 2 aromatic carbocycles. The van der Waals surface area contributed by atoms with Crippen molar-refractivity contribution in [1.29, 1.82) is 0 Å². The summed E-state index contributed by atoms with van der Waals surface area (Å²) in [5, 5.41) is 0. The maximum Gasteiger partial charge on any atom is 0.446 e. The van der Waals surface area contributed by atoms with Gasteiger partial charge in [-0.15, -0.1) is 0 Å². The number of carbonyl (C=O) groups is 3. The monoisotopic (exact) mass is 466 g/mol. The van der Waals surface area contributed by atoms with Gasteiger partial charge >= 0.3 is 6.18 Å². The molecule has 0 bridgehead atoms. The third kappa shape index (κ3) is 8.76. The lowest BCUT2D eigenvalue weighted by Crippen LogP contribution is -2.40. The number of carbonyl (C=O) groups excluding carboxylic acids is 3. The Hall–Kier alpha value is -3.07. The van der Waals surface area contributed by atoms with E-state index in [1.165, 1.54) is 24.3 Å². The van der Waals surface area contributed by atoms with Crippen molar-refractivity contribution < 1.29 is 31.9 Å². The number of rotatable bonds is 6. The van der Waals surface area contributed by atoms with E-state index in [4.69, 9.17) is 10.5 Å². The first-order valence-corrected chi connectivity index (χ1v) is 10.5. The highest BCUT2D eigenvalue weighted by Crippen LogP contribution is 2.23. The van der Waals surface area contributed by atoms with Gasteiger partial charge in [-0.1, -0.05) is 24.3 Å². The first-order chi connectivity index (χ1) is 15.6. The van der Waals surface area contributed by atoms with Crippen molar-refractivity contribution in [2.24, 2.45) is 11.7 Å². The average molecular weight is 466 g/mol. The second-order valence-corrected chi connectivity index (χ2v) is 7.71. The van der Waals surface area contributed by atoms with Crippen LogP contribution in [0.4, 0.5) is 17.6 Å². The first kappa shape index (κ1) is 26.2. The molecule has 0 aromatic heterocycles. The maximum absolute atomic E-state index is 13.0. The van der Waals surface area contributed by atoms with Crippen LogP contribution in [0, 0.1) is 11.7 Å². The van der Waals surface area contributed by atoms with Crippen LogP contribution in [-0.4, -0.2) is 42.1 Å². The van der Waals surface area contributed by atoms with Crippen molar-refractivity contribution in [3.63, 3.8) is 0 Å². The third-order valence-corrected chi connectivity index (χ3v) is 5.37. The second-order valence-electron chi connectivity index (χ2n) is 7.71. The summed E-state index contributed by atoms with van der Waals surface area (Å²) >= 11 is 0. The van der Waals surface area contributed by atoms with E-state index in [1.54, 1.807) is 0 Å². The summed E-state index contributed by atoms with van der Waals surface area (Å²) in [6.45, 7) is 1.72. The molecule has 33 heavy (non-hydrogen) atoms. The summed E-state index contributed by atoms with van der Waals surface area (Å²) in [5.74, 6) is -0.263. The van der Waals surface area contributed by atoms with Crippen LogP contribution in [0.25, 0.3) is 0 Å². The van der Waals surface area contributed by atoms with E-state index in [-0.39, 0.29) is 23.4 Å². The van der Waals surface area contributed by atoms with Gasteiger partial charge in [0.25, 0.3) is 0 Å². The van der Waals surface area contributed by atoms with Crippen LogP contribution >= 0.6 is 0 Å². The van der Waals surface area contributed by atoms with E-state index in [0.717, 1.165) is 11.1 Å². The molecule has 0 aliphatic carbocycles. The molecule has 1 aliphatic rings. The Kier molecular flexibility index (Phi) is 9.72. The minimum atomic E-state index is -4.64. The molecule has 1 amide bonds. The highest BCUT2D eigenvalue weighted by molar-refractivity contribution is 5.98. The van der Waals surface area contributed by atoms with Gasteiger partial charge in [0, 0.05) is 37.5 Å². The summed E-state index contributed by atoms with van der Waals surface area (Å²) in [5.41, 5.74) is 8.35. The molecule has 178 valence electrons. The Morgan fingerprint density at radius 1 is 0.970 bits per heavy atom. The number of alkyl halides is 3. The number of hydrogen-bond acceptors (Lipinski definition) is 4. The molecule has 9 heteroatoms. The van der Waals surface area contributed by atoms with Crippen LogP contribution in [0.15, 0.2) is 48.5 Å². The summed E-state index contributed by atoms with van der Waals surface area (Å²) < 4.78 is 44.3. The lowest BCUT2D eigenvalue weighted by molar-refractivity contribution is -0.156. The van der Waals surface area contributed by atoms with Crippen molar-refractivity contribution in [3.05, 3.63) is 71.0 Å². The lowest BCUT2D eigenvalue weighted by atomic mass is 9.88. The number of amides is 1. The highest BCUT2D eigenvalue weighted by atomic mass is 19.4. The maximum atomic E-state index is 13.0. The van der Waals surface area contributed by atoms with Crippen molar-refractivity contribution in [2.75, 3.05) is 13.1 Å². The topological polar surface area (TPSA) is 80.5 Å². The van der Waals surface area contributed by atoms with Crippen LogP contribution in [0.3, 0.4) is 0 Å². The van der Waals surface area contributed by atoms with Gasteiger partial charge in [-0.25, -0.2) is 4.39 Å². The Morgan fingerprint density at radius 3 is 1.97 bits per heavy atom. The van der Waals surface area contributed by atoms with Gasteiger partial charge in [0.15, 0.2) is 5.78 Å². The summed E-state index contributed by atoms with van der Waals surface area (Å²) in [6.07, 6.45) is -3.20. The van der Waals surface area contributed by atoms with Crippen LogP contribution < -0.4 is 5.73 Å². The Morgan fingerprint density at radius 2 is 1.48 bits per heavy atom. The van der Waals surface area contributed by atoms with Gasteiger partial charge in [0.2, 0.25) is 12.2 Å². The minimum absolute atomic E-state index is 0.0436. The Labute approximate surface area is 189 Å². The van der Waals surface area contributed by atoms with Gasteiger partial charge in [-0.3, -0.25) is 14.4 Å². The van der Waals surface area contributed by atoms with E-state index >= 15 is 0 Å². The van der Waals surface area contributed by atoms with E-state index in [0.29, 0.717) is 50.9 Å². The standard InChI is InChI=1S/C22H25FN2O2.C2HF3O/c23-20-8-6-18(7-9-20)22(27)19-11-13-25(14-12-19)21(26)10-5-16-1-3-17(15-24)4-2-16;3-2(4,5)1-6/h1-4,6-9,19H,5,10-15,24H2;1H. The number of nitrogens with two attached hydrogens (primary N) is 1. The highest BCUT2D eigenvalue weighted by Gasteiger charge is 2.28. The fraction of sp³-hybridized carbons (Fsp3) is 0.375. The number of nitrogens with zero attached hydrogens (tertiary/aromatic N) is 1. The summed E-state index contributed by atoms with van der Waals surface area (Å²) in [4.78, 5) is 35.5. The summed E-state index contributed by atoms with van der Waals surface area (Å²) in [7, 11) is 0. The fourth-order valence-corrected chi connectivity index (χ4v) is 3.49. The molecular formula is C24H26F4N2O3. The molecule has 0 spiro atoms. The first-order valence-electron chi connectivity index (χ1n) is 10.5. The van der Waals surface area contributed by atoms with Crippen LogP contribution in [0.2, 0.25) is 0 Å². The van der Waals surface area contributed by atoms with Crippen molar-refractivity contribution in [3.8, 4) is 0 Å². The van der Waals surface area contributed by atoms with E-state index < -0.39 is 12.5 Å². The number of ketones is 1. The molecule has 2 N–H and O–H groups in total. The van der Waals surface area contributed by atoms with Gasteiger partial charge < -0.3 is 10.6 Å². The zero-order valence-electron chi connectivity index (χ0n) is 18.0. The van der Waals surface area contributed by atoms with E-state index in [2.05, 4.69) is 0 Å². The number of Topliss-reactive ketones (excluding diaryl/α,β-unsaturated/α-hetero) is 1. The van der Waals surface area contributed by atoms with Crippen LogP contribution in [0.1, 0.15) is 40.7 Å². The van der Waals surface area contributed by atoms with Crippen molar-refractivity contribution in [1.82, 2.24) is 4.90 Å². The predicted molar refractivity (Wildman–Crippen MR) is 115 cm³/mol. The molecule has 1 saturated heterocycles. The van der Waals surface area contributed by atoms with Gasteiger partial charge in [0.1, 0.15) is 5.82 Å². The number of halogens is 4. The molecular weight excluding hydrogens is 440 g/mol. The van der Waals surface area contributed by atoms with Gasteiger partial charge in [-0.05, 0) is 54.7 Å². The number of aryl methyl sites for hydroxylation is 1. The van der Waals surface area contributed by atoms with Crippen LogP contribution in [0.5, 0.6) is 0 Å². The number of piperidine rings is 1. The zero-order valence-corrected chi connectivity index (χ0v) is 18.0. The molecule has 5 nitrogen and oxygen atoms in total. The molecule has 0 radical (unpaired) electrons.